The maximum Gasteiger partial charge on any atom is 0.404 e. The number of aromatic nitrogens is 1. The smallest absolute Gasteiger partial charge is 0.296 e. The molecule has 0 aliphatic carbocycles. The number of halogens is 5. The summed E-state index contributed by atoms with van der Waals surface area (Å²) in [6.45, 7) is 1.20. The van der Waals surface area contributed by atoms with Gasteiger partial charge in [-0.1, -0.05) is 36.2 Å². The van der Waals surface area contributed by atoms with Crippen LogP contribution in [0.5, 0.6) is 0 Å². The van der Waals surface area contributed by atoms with E-state index in [4.69, 9.17) is 23.2 Å². The lowest BCUT2D eigenvalue weighted by atomic mass is 10.1. The topological polar surface area (TPSA) is 76.1 Å². The number of benzene rings is 1. The van der Waals surface area contributed by atoms with Crippen LogP contribution in [0.1, 0.15) is 23.8 Å². The Morgan fingerprint density at radius 1 is 1.31 bits per heavy atom. The van der Waals surface area contributed by atoms with Gasteiger partial charge in [0.1, 0.15) is 16.6 Å². The number of hydrogen-bond acceptors (Lipinski definition) is 5. The van der Waals surface area contributed by atoms with E-state index in [1.807, 2.05) is 0 Å². The van der Waals surface area contributed by atoms with E-state index in [-0.39, 0.29) is 16.3 Å². The molecule has 12 heteroatoms. The molecule has 0 spiro atoms. The van der Waals surface area contributed by atoms with Crippen molar-refractivity contribution in [3.63, 3.8) is 0 Å². The lowest BCUT2D eigenvalue weighted by Crippen LogP contribution is -2.44. The largest absolute Gasteiger partial charge is 0.404 e. The highest BCUT2D eigenvalue weighted by Crippen LogP contribution is 2.40. The predicted molar refractivity (Wildman–Crippen MR) is 93.4 cm³/mol. The fraction of sp³-hybridized carbons (Fsp3) is 0.286. The molecule has 0 amide bonds. The van der Waals surface area contributed by atoms with Gasteiger partial charge in [-0.3, -0.25) is 4.79 Å². The van der Waals surface area contributed by atoms with Gasteiger partial charge in [0, 0.05) is 5.56 Å². The summed E-state index contributed by atoms with van der Waals surface area (Å²) < 4.78 is 64.8. The molecule has 0 saturated heterocycles. The number of rotatable bonds is 6. The van der Waals surface area contributed by atoms with Crippen LogP contribution >= 0.6 is 34.5 Å². The third kappa shape index (κ3) is 4.20. The van der Waals surface area contributed by atoms with Gasteiger partial charge in [-0.2, -0.15) is 17.9 Å². The molecule has 1 N–H and O–H groups in total. The monoisotopic (exact) mass is 446 g/mol. The first-order valence-corrected chi connectivity index (χ1v) is 10.1. The van der Waals surface area contributed by atoms with Crippen molar-refractivity contribution in [2.75, 3.05) is 0 Å². The van der Waals surface area contributed by atoms with Gasteiger partial charge in [0.25, 0.3) is 0 Å². The minimum absolute atomic E-state index is 0.0878. The molecule has 0 aliphatic rings. The van der Waals surface area contributed by atoms with Gasteiger partial charge in [0.05, 0.1) is 20.4 Å². The summed E-state index contributed by atoms with van der Waals surface area (Å²) >= 11 is 13.2. The Kier molecular flexibility index (Phi) is 6.34. The summed E-state index contributed by atoms with van der Waals surface area (Å²) in [6, 6.07) is 0.0337. The molecular formula is C14H11Cl2F3N2O3S2. The Balaban J connectivity index is 2.49. The first-order chi connectivity index (χ1) is 12.0. The third-order valence-corrected chi connectivity index (χ3v) is 6.77. The Hall–Kier alpha value is -1.20. The summed E-state index contributed by atoms with van der Waals surface area (Å²) in [4.78, 5) is 14.6. The summed E-state index contributed by atoms with van der Waals surface area (Å²) in [7, 11) is -4.58. The zero-order chi connectivity index (χ0) is 19.7. The molecule has 1 aromatic heterocycles. The number of nitrogens with one attached hydrogen (secondary N) is 1. The maximum absolute atomic E-state index is 12.9. The van der Waals surface area contributed by atoms with E-state index in [0.717, 1.165) is 17.4 Å². The minimum atomic E-state index is -4.75. The Labute approximate surface area is 161 Å². The van der Waals surface area contributed by atoms with Crippen LogP contribution in [0.2, 0.25) is 10.0 Å². The molecular weight excluding hydrogens is 436 g/mol. The van der Waals surface area contributed by atoms with E-state index in [9.17, 15) is 26.4 Å². The fourth-order valence-corrected chi connectivity index (χ4v) is 5.11. The zero-order valence-electron chi connectivity index (χ0n) is 13.0. The second kappa shape index (κ2) is 7.81. The normalized spacial score (nSPS) is 13.6. The Bertz CT molecular complexity index is 930. The molecule has 0 bridgehead atoms. The van der Waals surface area contributed by atoms with Gasteiger partial charge in [0.15, 0.2) is 6.29 Å². The molecule has 0 unspecified atom stereocenters. The number of nitrogens with zero attached hydrogens (tertiary/aromatic N) is 1. The number of alkyl halides is 3. The minimum Gasteiger partial charge on any atom is -0.296 e. The molecule has 142 valence electrons. The summed E-state index contributed by atoms with van der Waals surface area (Å²) in [5, 5.41) is -0.652. The van der Waals surface area contributed by atoms with E-state index < -0.39 is 38.6 Å². The summed E-state index contributed by atoms with van der Waals surface area (Å²) in [5.74, 6) is 0. The zero-order valence-corrected chi connectivity index (χ0v) is 16.1. The van der Waals surface area contributed by atoms with Crippen LogP contribution in [-0.2, 0) is 10.0 Å². The van der Waals surface area contributed by atoms with Crippen LogP contribution in [-0.4, -0.2) is 31.9 Å². The van der Waals surface area contributed by atoms with E-state index in [2.05, 4.69) is 4.98 Å². The highest BCUT2D eigenvalue weighted by Gasteiger charge is 2.41. The number of aldehydes is 1. The highest BCUT2D eigenvalue weighted by molar-refractivity contribution is 7.89. The lowest BCUT2D eigenvalue weighted by molar-refractivity contribution is -0.151. The number of sulfonamides is 1. The molecule has 0 aliphatic heterocycles. The van der Waals surface area contributed by atoms with Crippen molar-refractivity contribution in [3.8, 4) is 10.4 Å². The van der Waals surface area contributed by atoms with Gasteiger partial charge in [-0.25, -0.2) is 13.4 Å². The third-order valence-electron chi connectivity index (χ3n) is 3.39. The number of carbonyl (C=O) groups is 1. The van der Waals surface area contributed by atoms with Crippen molar-refractivity contribution in [1.82, 2.24) is 9.71 Å². The van der Waals surface area contributed by atoms with Crippen LogP contribution < -0.4 is 4.72 Å². The molecule has 26 heavy (non-hydrogen) atoms. The molecule has 1 aromatic carbocycles. The molecule has 0 fully saturated rings. The second-order valence-electron chi connectivity index (χ2n) is 5.05. The van der Waals surface area contributed by atoms with Gasteiger partial charge < -0.3 is 0 Å². The van der Waals surface area contributed by atoms with Crippen LogP contribution in [0, 0.1) is 0 Å². The maximum atomic E-state index is 12.9. The van der Waals surface area contributed by atoms with Crippen LogP contribution in [0.4, 0.5) is 13.2 Å². The van der Waals surface area contributed by atoms with Crippen molar-refractivity contribution in [2.45, 2.75) is 30.5 Å². The van der Waals surface area contributed by atoms with Crippen molar-refractivity contribution in [2.24, 2.45) is 0 Å². The van der Waals surface area contributed by atoms with Gasteiger partial charge in [-0.05, 0) is 12.5 Å². The molecule has 0 radical (unpaired) electrons. The molecule has 5 nitrogen and oxygen atoms in total. The first-order valence-electron chi connectivity index (χ1n) is 6.99. The lowest BCUT2D eigenvalue weighted by Gasteiger charge is -2.20. The fourth-order valence-electron chi connectivity index (χ4n) is 2.09. The number of thiazole rings is 1. The van der Waals surface area contributed by atoms with Crippen molar-refractivity contribution in [1.29, 1.82) is 0 Å². The van der Waals surface area contributed by atoms with Gasteiger partial charge in [0.2, 0.25) is 10.0 Å². The van der Waals surface area contributed by atoms with E-state index in [1.165, 1.54) is 18.5 Å². The highest BCUT2D eigenvalue weighted by atomic mass is 35.5. The SMILES string of the molecule is CC[C@H](NS(=O)(=O)c1ccc(-c2scnc2C=O)c(Cl)c1Cl)C(F)(F)F. The molecule has 1 atom stereocenters. The van der Waals surface area contributed by atoms with E-state index in [1.54, 1.807) is 4.72 Å². The second-order valence-corrected chi connectivity index (χ2v) is 8.34. The molecule has 2 aromatic rings. The average molecular weight is 447 g/mol. The van der Waals surface area contributed by atoms with Gasteiger partial charge in [-0.15, -0.1) is 11.3 Å². The molecule has 1 heterocycles. The van der Waals surface area contributed by atoms with Crippen LogP contribution in [0.15, 0.2) is 22.5 Å². The molecule has 2 rings (SSSR count). The van der Waals surface area contributed by atoms with E-state index in [0.29, 0.717) is 11.2 Å². The van der Waals surface area contributed by atoms with Crippen LogP contribution in [0.25, 0.3) is 10.4 Å². The summed E-state index contributed by atoms with van der Waals surface area (Å²) in [6.07, 6.45) is -4.74. The average Bonchev–Trinajstić information content (AvgIpc) is 3.02. The number of carbonyl (C=O) groups excluding carboxylic acids is 1. The number of hydrogen-bond donors (Lipinski definition) is 1. The van der Waals surface area contributed by atoms with Crippen molar-refractivity contribution < 1.29 is 26.4 Å². The van der Waals surface area contributed by atoms with Crippen molar-refractivity contribution in [3.05, 3.63) is 33.4 Å². The van der Waals surface area contributed by atoms with E-state index >= 15 is 0 Å². The first kappa shape index (κ1) is 21.1. The Morgan fingerprint density at radius 3 is 2.50 bits per heavy atom. The van der Waals surface area contributed by atoms with Crippen molar-refractivity contribution >= 4 is 50.8 Å². The molecule has 0 saturated carbocycles. The summed E-state index contributed by atoms with van der Waals surface area (Å²) in [5.41, 5.74) is 1.73. The van der Waals surface area contributed by atoms with Crippen LogP contribution in [0.3, 0.4) is 0 Å². The Morgan fingerprint density at radius 2 is 1.96 bits per heavy atom. The quantitative estimate of drug-likeness (QED) is 0.660. The predicted octanol–water partition coefficient (Wildman–Crippen LogP) is 4.55. The van der Waals surface area contributed by atoms with Gasteiger partial charge >= 0.3 is 6.18 Å². The standard InChI is InChI=1S/C14H11Cl2F3N2O3S2/c1-2-10(14(17,18)19)21-26(23,24)9-4-3-7(11(15)12(9)16)13-8(5-22)20-6-25-13/h3-6,10,21H,2H2,1H3/t10-/m0/s1.